The number of hydrogen-bond donors (Lipinski definition) is 0. The lowest BCUT2D eigenvalue weighted by Crippen LogP contribution is -2.30. The van der Waals surface area contributed by atoms with Crippen LogP contribution >= 0.6 is 27.7 Å². The molecule has 0 radical (unpaired) electrons. The van der Waals surface area contributed by atoms with Gasteiger partial charge >= 0.3 is 0 Å². The minimum atomic E-state index is 0.748. The third kappa shape index (κ3) is 6.50. The number of benzene rings is 2. The summed E-state index contributed by atoms with van der Waals surface area (Å²) in [5.74, 6) is 2.73. The van der Waals surface area contributed by atoms with Gasteiger partial charge in [-0.3, -0.25) is 0 Å². The smallest absolute Gasteiger partial charge is 0.0311 e. The van der Waals surface area contributed by atoms with Gasteiger partial charge in [-0.15, -0.1) is 11.8 Å². The molecule has 2 aromatic carbocycles. The summed E-state index contributed by atoms with van der Waals surface area (Å²) >= 11 is 5.59. The first-order valence-electron chi connectivity index (χ1n) is 10.4. The first-order chi connectivity index (χ1) is 13.6. The molecule has 0 heterocycles. The van der Waals surface area contributed by atoms with Crippen LogP contribution < -0.4 is 0 Å². The van der Waals surface area contributed by atoms with Crippen LogP contribution in [0.5, 0.6) is 0 Å². The van der Waals surface area contributed by atoms with E-state index in [4.69, 9.17) is 0 Å². The van der Waals surface area contributed by atoms with Gasteiger partial charge in [0, 0.05) is 15.9 Å². The number of thioether (sulfide) groups is 1. The van der Waals surface area contributed by atoms with Gasteiger partial charge in [0.25, 0.3) is 0 Å². The van der Waals surface area contributed by atoms with Gasteiger partial charge in [0.1, 0.15) is 0 Å². The molecule has 0 amide bonds. The number of allylic oxidation sites excluding steroid dienone is 1. The molecule has 0 N–H and O–H groups in total. The van der Waals surface area contributed by atoms with Crippen LogP contribution in [0.25, 0.3) is 0 Å². The molecule has 3 heteroatoms. The van der Waals surface area contributed by atoms with Gasteiger partial charge in [-0.2, -0.15) is 0 Å². The fourth-order valence-electron chi connectivity index (χ4n) is 4.01. The molecule has 150 valence electrons. The molecule has 1 saturated carbocycles. The van der Waals surface area contributed by atoms with Crippen molar-refractivity contribution in [1.82, 2.24) is 4.90 Å². The molecule has 1 aliphatic rings. The molecule has 0 aromatic heterocycles. The maximum absolute atomic E-state index is 4.41. The maximum Gasteiger partial charge on any atom is 0.0311 e. The van der Waals surface area contributed by atoms with Crippen molar-refractivity contribution in [1.29, 1.82) is 0 Å². The van der Waals surface area contributed by atoms with Crippen LogP contribution in [0.2, 0.25) is 0 Å². The topological polar surface area (TPSA) is 3.24 Å². The maximum atomic E-state index is 4.41. The average molecular weight is 459 g/mol. The highest BCUT2D eigenvalue weighted by Crippen LogP contribution is 2.43. The SMILES string of the molecule is C=C1[C@H](CCCCSc2ccccc2Br)C[C@H]1CCN(C)Cc1ccccc1. The Kier molecular flexibility index (Phi) is 8.69. The number of nitrogens with zero attached hydrogens (tertiary/aromatic N) is 1. The molecular formula is C25H32BrNS. The van der Waals surface area contributed by atoms with E-state index in [-0.39, 0.29) is 0 Å². The minimum Gasteiger partial charge on any atom is -0.302 e. The number of halogens is 1. The fourth-order valence-corrected chi connectivity index (χ4v) is 5.59. The van der Waals surface area contributed by atoms with Gasteiger partial charge in [0.15, 0.2) is 0 Å². The van der Waals surface area contributed by atoms with Crippen molar-refractivity contribution in [2.45, 2.75) is 43.5 Å². The van der Waals surface area contributed by atoms with E-state index >= 15 is 0 Å². The van der Waals surface area contributed by atoms with E-state index in [1.165, 1.54) is 58.4 Å². The molecule has 1 fully saturated rings. The highest BCUT2D eigenvalue weighted by atomic mass is 79.9. The Hall–Kier alpha value is -1.03. The lowest BCUT2D eigenvalue weighted by atomic mass is 9.67. The Bertz CT molecular complexity index is 745. The Balaban J connectivity index is 1.25. The van der Waals surface area contributed by atoms with Crippen molar-refractivity contribution in [2.75, 3.05) is 19.3 Å². The molecule has 0 aliphatic heterocycles. The summed E-state index contributed by atoms with van der Waals surface area (Å²) in [5.41, 5.74) is 2.92. The molecular weight excluding hydrogens is 426 g/mol. The summed E-state index contributed by atoms with van der Waals surface area (Å²) in [5, 5.41) is 0. The van der Waals surface area contributed by atoms with E-state index in [0.29, 0.717) is 0 Å². The van der Waals surface area contributed by atoms with Crippen molar-refractivity contribution >= 4 is 27.7 Å². The Morgan fingerprint density at radius 3 is 2.46 bits per heavy atom. The van der Waals surface area contributed by atoms with Crippen LogP contribution in [0.1, 0.15) is 37.7 Å². The standard InChI is InChI=1S/C25H32BrNS/c1-20-22(12-8-9-17-28-25-14-7-6-13-24(25)26)18-23(20)15-16-27(2)19-21-10-4-3-5-11-21/h3-7,10-11,13-14,22-23H,1,8-9,12,15-19H2,2H3/t22-,23-/m1/s1. The quantitative estimate of drug-likeness (QED) is 0.196. The van der Waals surface area contributed by atoms with Crippen LogP contribution in [0.15, 0.2) is 76.1 Å². The van der Waals surface area contributed by atoms with E-state index in [9.17, 15) is 0 Å². The van der Waals surface area contributed by atoms with Gasteiger partial charge in [0.05, 0.1) is 0 Å². The van der Waals surface area contributed by atoms with Crippen molar-refractivity contribution in [3.8, 4) is 0 Å². The van der Waals surface area contributed by atoms with E-state index in [1.807, 2.05) is 11.8 Å². The molecule has 3 rings (SSSR count). The molecule has 0 spiro atoms. The molecule has 2 atom stereocenters. The monoisotopic (exact) mass is 457 g/mol. The number of rotatable bonds is 11. The van der Waals surface area contributed by atoms with Crippen molar-refractivity contribution < 1.29 is 0 Å². The molecule has 1 nitrogen and oxygen atoms in total. The summed E-state index contributed by atoms with van der Waals surface area (Å²) in [6, 6.07) is 19.3. The third-order valence-corrected chi connectivity index (χ3v) is 7.93. The van der Waals surface area contributed by atoms with Gasteiger partial charge < -0.3 is 4.90 Å². The highest BCUT2D eigenvalue weighted by molar-refractivity contribution is 9.10. The van der Waals surface area contributed by atoms with Crippen LogP contribution in [0, 0.1) is 11.8 Å². The zero-order valence-corrected chi connectivity index (χ0v) is 19.4. The number of hydrogen-bond acceptors (Lipinski definition) is 2. The molecule has 2 aromatic rings. The van der Waals surface area contributed by atoms with Gasteiger partial charge in [-0.05, 0) is 90.5 Å². The van der Waals surface area contributed by atoms with E-state index in [0.717, 1.165) is 24.9 Å². The molecule has 1 aliphatic carbocycles. The van der Waals surface area contributed by atoms with Gasteiger partial charge in [-0.25, -0.2) is 0 Å². The Morgan fingerprint density at radius 2 is 1.71 bits per heavy atom. The summed E-state index contributed by atoms with van der Waals surface area (Å²) in [7, 11) is 2.23. The van der Waals surface area contributed by atoms with Crippen molar-refractivity contribution in [3.63, 3.8) is 0 Å². The lowest BCUT2D eigenvalue weighted by molar-refractivity contribution is 0.235. The lowest BCUT2D eigenvalue weighted by Gasteiger charge is -2.39. The predicted octanol–water partition coefficient (Wildman–Crippen LogP) is 7.43. The average Bonchev–Trinajstić information content (AvgIpc) is 2.70. The molecule has 0 saturated heterocycles. The zero-order valence-electron chi connectivity index (χ0n) is 16.9. The van der Waals surface area contributed by atoms with Crippen LogP contribution in [-0.4, -0.2) is 24.2 Å². The Morgan fingerprint density at radius 1 is 1.00 bits per heavy atom. The second-order valence-electron chi connectivity index (χ2n) is 7.99. The van der Waals surface area contributed by atoms with Crippen LogP contribution in [0.4, 0.5) is 0 Å². The van der Waals surface area contributed by atoms with Crippen molar-refractivity contribution in [3.05, 3.63) is 76.8 Å². The molecule has 0 unspecified atom stereocenters. The first-order valence-corrected chi connectivity index (χ1v) is 12.2. The van der Waals surface area contributed by atoms with Gasteiger partial charge in [-0.1, -0.05) is 61.0 Å². The molecule has 28 heavy (non-hydrogen) atoms. The summed E-state index contributed by atoms with van der Waals surface area (Å²) in [4.78, 5) is 3.80. The summed E-state index contributed by atoms with van der Waals surface area (Å²) in [6.45, 7) is 6.61. The summed E-state index contributed by atoms with van der Waals surface area (Å²) < 4.78 is 1.22. The van der Waals surface area contributed by atoms with E-state index in [2.05, 4.69) is 89.1 Å². The van der Waals surface area contributed by atoms with Crippen LogP contribution in [-0.2, 0) is 6.54 Å². The Labute approximate surface area is 183 Å². The largest absolute Gasteiger partial charge is 0.302 e. The minimum absolute atomic E-state index is 0.748. The number of unbranched alkanes of at least 4 members (excludes halogenated alkanes) is 1. The zero-order chi connectivity index (χ0) is 19.8. The van der Waals surface area contributed by atoms with Gasteiger partial charge in [0.2, 0.25) is 0 Å². The van der Waals surface area contributed by atoms with E-state index < -0.39 is 0 Å². The second-order valence-corrected chi connectivity index (χ2v) is 9.98. The second kappa shape index (κ2) is 11.2. The van der Waals surface area contributed by atoms with Crippen molar-refractivity contribution in [2.24, 2.45) is 11.8 Å². The van der Waals surface area contributed by atoms with E-state index in [1.54, 1.807) is 0 Å². The summed E-state index contributed by atoms with van der Waals surface area (Å²) in [6.07, 6.45) is 6.56. The fraction of sp³-hybridized carbons (Fsp3) is 0.440. The third-order valence-electron chi connectivity index (χ3n) is 5.81. The van der Waals surface area contributed by atoms with Crippen LogP contribution in [0.3, 0.4) is 0 Å². The first kappa shape index (κ1) is 21.7. The molecule has 0 bridgehead atoms. The predicted molar refractivity (Wildman–Crippen MR) is 127 cm³/mol. The highest BCUT2D eigenvalue weighted by Gasteiger charge is 2.32. The normalized spacial score (nSPS) is 19.0.